The Labute approximate surface area is 168 Å². The molecule has 2 N–H and O–H groups in total. The normalized spacial score (nSPS) is 10.9. The molecular formula is C23H19N5O. The maximum absolute atomic E-state index is 9.60. The fraction of sp³-hybridized carbons (Fsp3) is 0.0870. The summed E-state index contributed by atoms with van der Waals surface area (Å²) in [7, 11) is 1.61. The number of nitrogens with zero attached hydrogens (tertiary/aromatic N) is 3. The lowest BCUT2D eigenvalue weighted by Crippen LogP contribution is -1.99. The SMILES string of the molecule is COc1cncc(C=Cc2cncc(C#N)c2Nc2ccc3[nH]ccc3c2C)c1. The number of rotatable bonds is 5. The maximum Gasteiger partial charge on any atom is 0.137 e. The largest absolute Gasteiger partial charge is 0.495 e. The molecule has 0 aliphatic carbocycles. The topological polar surface area (TPSA) is 86.6 Å². The highest BCUT2D eigenvalue weighted by Gasteiger charge is 2.11. The number of hydrogen-bond acceptors (Lipinski definition) is 5. The Kier molecular flexibility index (Phi) is 4.95. The van der Waals surface area contributed by atoms with Crippen LogP contribution in [0.3, 0.4) is 0 Å². The van der Waals surface area contributed by atoms with E-state index in [2.05, 4.69) is 33.3 Å². The van der Waals surface area contributed by atoms with Crippen LogP contribution < -0.4 is 10.1 Å². The number of pyridine rings is 2. The Bertz CT molecular complexity index is 1250. The second kappa shape index (κ2) is 7.87. The molecule has 0 unspecified atom stereocenters. The van der Waals surface area contributed by atoms with Gasteiger partial charge in [-0.1, -0.05) is 12.2 Å². The van der Waals surface area contributed by atoms with Crippen LogP contribution in [0, 0.1) is 18.3 Å². The van der Waals surface area contributed by atoms with Gasteiger partial charge in [0.15, 0.2) is 0 Å². The first kappa shape index (κ1) is 18.3. The van der Waals surface area contributed by atoms with Crippen LogP contribution in [0.4, 0.5) is 11.4 Å². The first-order chi connectivity index (χ1) is 14.2. The molecule has 0 aliphatic heterocycles. The molecule has 0 radical (unpaired) electrons. The molecule has 6 nitrogen and oxygen atoms in total. The van der Waals surface area contributed by atoms with Crippen molar-refractivity contribution in [1.82, 2.24) is 15.0 Å². The van der Waals surface area contributed by atoms with E-state index in [4.69, 9.17) is 4.74 Å². The molecule has 0 saturated heterocycles. The van der Waals surface area contributed by atoms with Crippen molar-refractivity contribution < 1.29 is 4.74 Å². The molecule has 0 fully saturated rings. The van der Waals surface area contributed by atoms with Gasteiger partial charge in [0.1, 0.15) is 11.8 Å². The van der Waals surface area contributed by atoms with E-state index in [1.807, 2.05) is 42.6 Å². The van der Waals surface area contributed by atoms with E-state index in [1.54, 1.807) is 31.9 Å². The molecule has 0 saturated carbocycles. The number of ether oxygens (including phenoxy) is 1. The van der Waals surface area contributed by atoms with Gasteiger partial charge in [-0.3, -0.25) is 9.97 Å². The number of fused-ring (bicyclic) bond motifs is 1. The number of aromatic amines is 1. The van der Waals surface area contributed by atoms with Gasteiger partial charge in [-0.15, -0.1) is 0 Å². The molecule has 4 aromatic rings. The Morgan fingerprint density at radius 2 is 1.97 bits per heavy atom. The van der Waals surface area contributed by atoms with Crippen molar-refractivity contribution in [3.05, 3.63) is 77.5 Å². The summed E-state index contributed by atoms with van der Waals surface area (Å²) < 4.78 is 5.22. The van der Waals surface area contributed by atoms with Gasteiger partial charge in [-0.2, -0.15) is 5.26 Å². The molecule has 4 rings (SSSR count). The third-order valence-corrected chi connectivity index (χ3v) is 4.78. The second-order valence-electron chi connectivity index (χ2n) is 6.56. The van der Waals surface area contributed by atoms with Gasteiger partial charge in [-0.25, -0.2) is 0 Å². The lowest BCUT2D eigenvalue weighted by atomic mass is 10.1. The summed E-state index contributed by atoms with van der Waals surface area (Å²) in [5, 5.41) is 14.2. The summed E-state index contributed by atoms with van der Waals surface area (Å²) in [6.45, 7) is 2.06. The van der Waals surface area contributed by atoms with Gasteiger partial charge in [0.25, 0.3) is 0 Å². The lowest BCUT2D eigenvalue weighted by Gasteiger charge is -2.14. The minimum absolute atomic E-state index is 0.476. The zero-order chi connectivity index (χ0) is 20.2. The number of H-pyrrole nitrogens is 1. The van der Waals surface area contributed by atoms with Gasteiger partial charge >= 0.3 is 0 Å². The van der Waals surface area contributed by atoms with Crippen molar-refractivity contribution in [2.75, 3.05) is 12.4 Å². The zero-order valence-corrected chi connectivity index (χ0v) is 16.1. The average Bonchev–Trinajstić information content (AvgIpc) is 3.24. The van der Waals surface area contributed by atoms with Crippen molar-refractivity contribution >= 4 is 34.4 Å². The number of hydrogen-bond donors (Lipinski definition) is 2. The summed E-state index contributed by atoms with van der Waals surface area (Å²) >= 11 is 0. The molecular weight excluding hydrogens is 362 g/mol. The Morgan fingerprint density at radius 1 is 1.10 bits per heavy atom. The monoisotopic (exact) mass is 381 g/mol. The Hall–Kier alpha value is -4.11. The number of benzene rings is 1. The van der Waals surface area contributed by atoms with E-state index in [-0.39, 0.29) is 0 Å². The average molecular weight is 381 g/mol. The molecule has 3 aromatic heterocycles. The highest BCUT2D eigenvalue weighted by Crippen LogP contribution is 2.31. The first-order valence-corrected chi connectivity index (χ1v) is 9.08. The van der Waals surface area contributed by atoms with Crippen molar-refractivity contribution in [2.24, 2.45) is 0 Å². The Morgan fingerprint density at radius 3 is 2.79 bits per heavy atom. The highest BCUT2D eigenvalue weighted by molar-refractivity contribution is 5.90. The van der Waals surface area contributed by atoms with Crippen LogP contribution >= 0.6 is 0 Å². The molecule has 0 atom stereocenters. The van der Waals surface area contributed by atoms with Crippen molar-refractivity contribution in [1.29, 1.82) is 5.26 Å². The van der Waals surface area contributed by atoms with Gasteiger partial charge in [-0.05, 0) is 42.3 Å². The maximum atomic E-state index is 9.60. The van der Waals surface area contributed by atoms with Gasteiger partial charge in [0.2, 0.25) is 0 Å². The highest BCUT2D eigenvalue weighted by atomic mass is 16.5. The molecule has 6 heteroatoms. The second-order valence-corrected chi connectivity index (χ2v) is 6.56. The smallest absolute Gasteiger partial charge is 0.137 e. The van der Waals surface area contributed by atoms with E-state index in [9.17, 15) is 5.26 Å². The van der Waals surface area contributed by atoms with Crippen LogP contribution in [0.2, 0.25) is 0 Å². The van der Waals surface area contributed by atoms with E-state index < -0.39 is 0 Å². The zero-order valence-electron chi connectivity index (χ0n) is 16.1. The third kappa shape index (κ3) is 3.66. The van der Waals surface area contributed by atoms with Crippen LogP contribution in [-0.2, 0) is 0 Å². The van der Waals surface area contributed by atoms with Crippen molar-refractivity contribution in [3.8, 4) is 11.8 Å². The van der Waals surface area contributed by atoms with Crippen molar-refractivity contribution in [3.63, 3.8) is 0 Å². The van der Waals surface area contributed by atoms with E-state index in [1.165, 1.54) is 0 Å². The fourth-order valence-electron chi connectivity index (χ4n) is 3.21. The molecule has 0 spiro atoms. The number of nitrogens with one attached hydrogen (secondary N) is 2. The molecule has 142 valence electrons. The lowest BCUT2D eigenvalue weighted by molar-refractivity contribution is 0.413. The van der Waals surface area contributed by atoms with Crippen LogP contribution in [0.1, 0.15) is 22.3 Å². The predicted octanol–water partition coefficient (Wildman–Crippen LogP) is 5.06. The minimum atomic E-state index is 0.476. The standard InChI is InChI=1S/C23H19N5O/c1-15-20-7-8-27-22(20)6-5-21(15)28-23-17(12-26-13-18(23)10-24)4-3-16-9-19(29-2)14-25-11-16/h3-9,11-14,27H,1-2H3,(H,26,28). The number of aromatic nitrogens is 3. The van der Waals surface area contributed by atoms with Gasteiger partial charge in [0.05, 0.1) is 24.6 Å². The summed E-state index contributed by atoms with van der Waals surface area (Å²) in [6, 6.07) is 10.2. The first-order valence-electron chi connectivity index (χ1n) is 9.08. The van der Waals surface area contributed by atoms with Crippen LogP contribution in [0.15, 0.2) is 55.2 Å². The summed E-state index contributed by atoms with van der Waals surface area (Å²) in [5.74, 6) is 0.685. The summed E-state index contributed by atoms with van der Waals surface area (Å²) in [4.78, 5) is 11.6. The number of anilines is 2. The molecule has 0 aliphatic rings. The fourth-order valence-corrected chi connectivity index (χ4v) is 3.21. The quantitative estimate of drug-likeness (QED) is 0.504. The number of aryl methyl sites for hydroxylation is 1. The number of nitriles is 1. The molecule has 29 heavy (non-hydrogen) atoms. The van der Waals surface area contributed by atoms with Crippen LogP contribution in [0.5, 0.6) is 5.75 Å². The van der Waals surface area contributed by atoms with Gasteiger partial charge in [0, 0.05) is 46.9 Å². The van der Waals surface area contributed by atoms with Crippen LogP contribution in [-0.4, -0.2) is 22.1 Å². The molecule has 3 heterocycles. The molecule has 1 aromatic carbocycles. The van der Waals surface area contributed by atoms with Crippen molar-refractivity contribution in [2.45, 2.75) is 6.92 Å². The molecule has 0 amide bonds. The molecule has 0 bridgehead atoms. The van der Waals surface area contributed by atoms with E-state index in [0.29, 0.717) is 17.0 Å². The van der Waals surface area contributed by atoms with Gasteiger partial charge < -0.3 is 15.0 Å². The predicted molar refractivity (Wildman–Crippen MR) is 115 cm³/mol. The third-order valence-electron chi connectivity index (χ3n) is 4.78. The number of methoxy groups -OCH3 is 1. The summed E-state index contributed by atoms with van der Waals surface area (Å²) in [6.07, 6.45) is 12.5. The minimum Gasteiger partial charge on any atom is -0.495 e. The van der Waals surface area contributed by atoms with E-state index >= 15 is 0 Å². The summed E-state index contributed by atoms with van der Waals surface area (Å²) in [5.41, 5.74) is 6.02. The van der Waals surface area contributed by atoms with E-state index in [0.717, 1.165) is 33.3 Å². The van der Waals surface area contributed by atoms with Crippen LogP contribution in [0.25, 0.3) is 23.1 Å². The Balaban J connectivity index is 1.73.